The van der Waals surface area contributed by atoms with Gasteiger partial charge < -0.3 is 19.5 Å². The number of pyridine rings is 1. The molecule has 0 amide bonds. The Hall–Kier alpha value is -2.41. The van der Waals surface area contributed by atoms with Gasteiger partial charge in [0.1, 0.15) is 5.82 Å². The molecule has 0 aliphatic carbocycles. The average Bonchev–Trinajstić information content (AvgIpc) is 2.71. The van der Waals surface area contributed by atoms with Crippen LogP contribution < -0.4 is 15.4 Å². The molecule has 0 bridgehead atoms. The normalized spacial score (nSPS) is 19.5. The molecule has 0 saturated carbocycles. The fourth-order valence-electron chi connectivity index (χ4n) is 3.99. The topological polar surface area (TPSA) is 74.5 Å². The molecule has 27 heavy (non-hydrogen) atoms. The van der Waals surface area contributed by atoms with E-state index in [0.29, 0.717) is 5.92 Å². The van der Waals surface area contributed by atoms with Crippen LogP contribution in [0.2, 0.25) is 0 Å². The first-order valence-corrected chi connectivity index (χ1v) is 9.78. The summed E-state index contributed by atoms with van der Waals surface area (Å²) in [5.41, 5.74) is 1.19. The number of hydrogen-bond donors (Lipinski definition) is 1. The van der Waals surface area contributed by atoms with Crippen LogP contribution in [0.4, 0.5) is 11.8 Å². The van der Waals surface area contributed by atoms with Gasteiger partial charge in [-0.2, -0.15) is 4.98 Å². The molecule has 4 rings (SSSR count). The maximum Gasteiger partial charge on any atom is 0.250 e. The minimum Gasteiger partial charge on any atom is -0.393 e. The van der Waals surface area contributed by atoms with Crippen LogP contribution in [-0.2, 0) is 7.05 Å². The molecule has 2 aromatic rings. The average molecular weight is 369 g/mol. The fraction of sp³-hybridized carbons (Fsp3) is 0.550. The predicted octanol–water partition coefficient (Wildman–Crippen LogP) is 1.52. The van der Waals surface area contributed by atoms with Crippen LogP contribution >= 0.6 is 0 Å². The van der Waals surface area contributed by atoms with Crippen LogP contribution in [0.1, 0.15) is 37.2 Å². The standard InChI is InChI=1S/C20H27N5O2/c1-23-9-3-16(14-19(23)27)15-4-10-25(11-5-15)20-21-8-2-18(22-20)24-12-6-17(26)7-13-24/h2-3,8-9,14-15,17,26H,4-7,10-13H2,1H3. The van der Waals surface area contributed by atoms with Gasteiger partial charge in [0.25, 0.3) is 5.56 Å². The van der Waals surface area contributed by atoms with E-state index in [9.17, 15) is 9.90 Å². The molecule has 7 heteroatoms. The first kappa shape index (κ1) is 18.0. The zero-order valence-corrected chi connectivity index (χ0v) is 15.8. The van der Waals surface area contributed by atoms with Crippen LogP contribution in [0.15, 0.2) is 35.4 Å². The summed E-state index contributed by atoms with van der Waals surface area (Å²) < 4.78 is 1.61. The number of piperidine rings is 2. The van der Waals surface area contributed by atoms with E-state index in [0.717, 1.165) is 69.2 Å². The summed E-state index contributed by atoms with van der Waals surface area (Å²) in [6, 6.07) is 5.78. The van der Waals surface area contributed by atoms with Gasteiger partial charge in [0.05, 0.1) is 6.10 Å². The molecule has 2 saturated heterocycles. The predicted molar refractivity (Wildman–Crippen MR) is 105 cm³/mol. The lowest BCUT2D eigenvalue weighted by molar-refractivity contribution is 0.145. The molecule has 4 heterocycles. The Balaban J connectivity index is 1.41. The van der Waals surface area contributed by atoms with Crippen LogP contribution in [-0.4, -0.2) is 51.9 Å². The van der Waals surface area contributed by atoms with Crippen LogP contribution in [0, 0.1) is 0 Å². The van der Waals surface area contributed by atoms with Crippen molar-refractivity contribution in [2.45, 2.75) is 37.7 Å². The number of aliphatic hydroxyl groups excluding tert-OH is 1. The van der Waals surface area contributed by atoms with Crippen molar-refractivity contribution in [2.24, 2.45) is 7.05 Å². The summed E-state index contributed by atoms with van der Waals surface area (Å²) in [4.78, 5) is 25.6. The molecule has 0 spiro atoms. The molecule has 7 nitrogen and oxygen atoms in total. The maximum absolute atomic E-state index is 11.9. The van der Waals surface area contributed by atoms with E-state index >= 15 is 0 Å². The van der Waals surface area contributed by atoms with Gasteiger partial charge in [-0.25, -0.2) is 4.98 Å². The second-order valence-electron chi connectivity index (χ2n) is 7.60. The lowest BCUT2D eigenvalue weighted by atomic mass is 9.90. The Morgan fingerprint density at radius 3 is 2.44 bits per heavy atom. The van der Waals surface area contributed by atoms with E-state index in [4.69, 9.17) is 4.98 Å². The van der Waals surface area contributed by atoms with E-state index in [2.05, 4.69) is 20.9 Å². The molecule has 0 radical (unpaired) electrons. The van der Waals surface area contributed by atoms with Crippen LogP contribution in [0.25, 0.3) is 0 Å². The summed E-state index contributed by atoms with van der Waals surface area (Å²) in [6.45, 7) is 3.45. The third-order valence-corrected chi connectivity index (χ3v) is 5.79. The molecule has 1 N–H and O–H groups in total. The largest absolute Gasteiger partial charge is 0.393 e. The third kappa shape index (κ3) is 3.98. The molecule has 2 aliphatic rings. The number of aliphatic hydroxyl groups is 1. The monoisotopic (exact) mass is 369 g/mol. The van der Waals surface area contributed by atoms with E-state index in [-0.39, 0.29) is 11.7 Å². The fourth-order valence-corrected chi connectivity index (χ4v) is 3.99. The molecule has 2 aliphatic heterocycles. The number of nitrogens with zero attached hydrogens (tertiary/aromatic N) is 5. The zero-order valence-electron chi connectivity index (χ0n) is 15.8. The SMILES string of the molecule is Cn1ccc(C2CCN(c3nccc(N4CCC(O)CC4)n3)CC2)cc1=O. The smallest absolute Gasteiger partial charge is 0.250 e. The Kier molecular flexibility index (Phi) is 5.11. The number of anilines is 2. The summed E-state index contributed by atoms with van der Waals surface area (Å²) in [6.07, 6.45) is 7.08. The number of rotatable bonds is 3. The third-order valence-electron chi connectivity index (χ3n) is 5.79. The van der Waals surface area contributed by atoms with E-state index < -0.39 is 0 Å². The zero-order chi connectivity index (χ0) is 18.8. The Morgan fingerprint density at radius 2 is 1.74 bits per heavy atom. The van der Waals surface area contributed by atoms with Gasteiger partial charge in [-0.15, -0.1) is 0 Å². The molecule has 0 aromatic carbocycles. The van der Waals surface area contributed by atoms with Crippen molar-refractivity contribution < 1.29 is 5.11 Å². The van der Waals surface area contributed by atoms with Crippen molar-refractivity contribution in [2.75, 3.05) is 36.0 Å². The highest BCUT2D eigenvalue weighted by atomic mass is 16.3. The Bertz CT molecular complexity index is 836. The molecular weight excluding hydrogens is 342 g/mol. The van der Waals surface area contributed by atoms with Gasteiger partial charge >= 0.3 is 0 Å². The first-order chi connectivity index (χ1) is 13.1. The van der Waals surface area contributed by atoms with Gasteiger partial charge in [-0.1, -0.05) is 0 Å². The number of aryl methyl sites for hydroxylation is 1. The molecule has 2 aromatic heterocycles. The van der Waals surface area contributed by atoms with Crippen molar-refractivity contribution in [3.05, 3.63) is 46.5 Å². The summed E-state index contributed by atoms with van der Waals surface area (Å²) in [7, 11) is 1.78. The minimum atomic E-state index is -0.184. The number of aromatic nitrogens is 3. The van der Waals surface area contributed by atoms with Crippen molar-refractivity contribution in [3.63, 3.8) is 0 Å². The lowest BCUT2D eigenvalue weighted by Gasteiger charge is -2.34. The van der Waals surface area contributed by atoms with Gasteiger partial charge in [-0.05, 0) is 49.3 Å². The molecule has 0 unspecified atom stereocenters. The van der Waals surface area contributed by atoms with Crippen molar-refractivity contribution >= 4 is 11.8 Å². The molecular formula is C20H27N5O2. The summed E-state index contributed by atoms with van der Waals surface area (Å²) in [5, 5.41) is 9.69. The first-order valence-electron chi connectivity index (χ1n) is 9.78. The Labute approximate surface area is 159 Å². The van der Waals surface area contributed by atoms with Crippen LogP contribution in [0.3, 0.4) is 0 Å². The van der Waals surface area contributed by atoms with Gasteiger partial charge in [-0.3, -0.25) is 4.79 Å². The second-order valence-corrected chi connectivity index (χ2v) is 7.60. The van der Waals surface area contributed by atoms with Crippen molar-refractivity contribution in [1.29, 1.82) is 0 Å². The van der Waals surface area contributed by atoms with Gasteiger partial charge in [0, 0.05) is 51.7 Å². The quantitative estimate of drug-likeness (QED) is 0.884. The van der Waals surface area contributed by atoms with Gasteiger partial charge in [0.2, 0.25) is 5.95 Å². The van der Waals surface area contributed by atoms with Crippen LogP contribution in [0.5, 0.6) is 0 Å². The summed E-state index contributed by atoms with van der Waals surface area (Å²) in [5.74, 6) is 2.14. The highest BCUT2D eigenvalue weighted by Gasteiger charge is 2.24. The highest BCUT2D eigenvalue weighted by Crippen LogP contribution is 2.29. The molecule has 2 fully saturated rings. The molecule has 144 valence electrons. The molecule has 0 atom stereocenters. The van der Waals surface area contributed by atoms with E-state index in [1.165, 1.54) is 0 Å². The van der Waals surface area contributed by atoms with E-state index in [1.807, 2.05) is 18.5 Å². The highest BCUT2D eigenvalue weighted by molar-refractivity contribution is 5.44. The lowest BCUT2D eigenvalue weighted by Crippen LogP contribution is -2.37. The van der Waals surface area contributed by atoms with E-state index in [1.54, 1.807) is 17.7 Å². The summed E-state index contributed by atoms with van der Waals surface area (Å²) >= 11 is 0. The van der Waals surface area contributed by atoms with Crippen molar-refractivity contribution in [1.82, 2.24) is 14.5 Å². The Morgan fingerprint density at radius 1 is 1.04 bits per heavy atom. The minimum absolute atomic E-state index is 0.0533. The second kappa shape index (κ2) is 7.68. The number of hydrogen-bond acceptors (Lipinski definition) is 6. The van der Waals surface area contributed by atoms with Crippen molar-refractivity contribution in [3.8, 4) is 0 Å². The van der Waals surface area contributed by atoms with Gasteiger partial charge in [0.15, 0.2) is 0 Å². The maximum atomic E-state index is 11.9.